The van der Waals surface area contributed by atoms with E-state index in [-0.39, 0.29) is 25.2 Å². The first kappa shape index (κ1) is 24.8. The summed E-state index contributed by atoms with van der Waals surface area (Å²) in [6.07, 6.45) is 2.62. The van der Waals surface area contributed by atoms with Crippen LogP contribution in [0.3, 0.4) is 0 Å². The number of esters is 1. The predicted molar refractivity (Wildman–Crippen MR) is 116 cm³/mol. The maximum Gasteiger partial charge on any atom is 0.326 e. The molecule has 4 atom stereocenters. The molecule has 1 fully saturated rings. The van der Waals surface area contributed by atoms with Crippen LogP contribution >= 0.6 is 0 Å². The van der Waals surface area contributed by atoms with Crippen LogP contribution in [0.15, 0.2) is 30.3 Å². The van der Waals surface area contributed by atoms with Crippen molar-refractivity contribution in [2.45, 2.75) is 70.7 Å². The number of rotatable bonds is 12. The molecule has 1 saturated heterocycles. The summed E-state index contributed by atoms with van der Waals surface area (Å²) in [5.74, 6) is -1.88. The van der Waals surface area contributed by atoms with E-state index in [4.69, 9.17) is 9.47 Å². The van der Waals surface area contributed by atoms with Gasteiger partial charge in [-0.3, -0.25) is 14.9 Å². The Bertz CT molecular complexity index is 720. The standard InChI is InChI=1S/C23H34N2O6/c1-4-30-23(29)20(13-12-18-9-6-5-7-10-18)24-16(2)21(26)25(17(3)22(27)28)15-19-11-8-14-31-19/h5-7,9-10,16-17,19-20,24H,4,8,11-15H2,1-3H3,(H,27,28)/t16?,17?,19-,20-/m0/s1. The highest BCUT2D eigenvalue weighted by Crippen LogP contribution is 2.16. The maximum absolute atomic E-state index is 13.2. The number of carbonyl (C=O) groups excluding carboxylic acids is 2. The number of benzene rings is 1. The number of ether oxygens (including phenoxy) is 2. The van der Waals surface area contributed by atoms with E-state index < -0.39 is 30.1 Å². The number of carbonyl (C=O) groups is 3. The van der Waals surface area contributed by atoms with Gasteiger partial charge in [-0.2, -0.15) is 0 Å². The number of carboxylic acids is 1. The Morgan fingerprint density at radius 3 is 2.55 bits per heavy atom. The summed E-state index contributed by atoms with van der Waals surface area (Å²) >= 11 is 0. The first-order valence-corrected chi connectivity index (χ1v) is 10.9. The summed E-state index contributed by atoms with van der Waals surface area (Å²) in [7, 11) is 0. The van der Waals surface area contributed by atoms with Gasteiger partial charge in [-0.05, 0) is 52.0 Å². The summed E-state index contributed by atoms with van der Waals surface area (Å²) in [6, 6.07) is 7.33. The monoisotopic (exact) mass is 434 g/mol. The molecule has 8 nitrogen and oxygen atoms in total. The molecule has 1 aliphatic heterocycles. The summed E-state index contributed by atoms with van der Waals surface area (Å²) in [5.41, 5.74) is 1.08. The Labute approximate surface area is 183 Å². The zero-order chi connectivity index (χ0) is 22.8. The van der Waals surface area contributed by atoms with Gasteiger partial charge in [0.2, 0.25) is 5.91 Å². The van der Waals surface area contributed by atoms with Gasteiger partial charge in [-0.25, -0.2) is 4.79 Å². The lowest BCUT2D eigenvalue weighted by molar-refractivity contribution is -0.152. The second-order valence-electron chi connectivity index (χ2n) is 7.86. The fraction of sp³-hybridized carbons (Fsp3) is 0.609. The van der Waals surface area contributed by atoms with Crippen molar-refractivity contribution in [2.75, 3.05) is 19.8 Å². The maximum atomic E-state index is 13.2. The van der Waals surface area contributed by atoms with Gasteiger partial charge >= 0.3 is 11.9 Å². The van der Waals surface area contributed by atoms with Crippen LogP contribution in [0.5, 0.6) is 0 Å². The predicted octanol–water partition coefficient (Wildman–Crippen LogP) is 2.01. The molecular formula is C23H34N2O6. The Morgan fingerprint density at radius 2 is 1.97 bits per heavy atom. The van der Waals surface area contributed by atoms with Crippen LogP contribution in [-0.2, 0) is 30.3 Å². The molecule has 8 heteroatoms. The molecule has 0 radical (unpaired) electrons. The van der Waals surface area contributed by atoms with E-state index in [1.54, 1.807) is 13.8 Å². The van der Waals surface area contributed by atoms with Gasteiger partial charge in [-0.15, -0.1) is 0 Å². The molecule has 2 rings (SSSR count). The molecule has 2 unspecified atom stereocenters. The van der Waals surface area contributed by atoms with Crippen LogP contribution in [0.4, 0.5) is 0 Å². The van der Waals surface area contributed by atoms with Crippen LogP contribution in [-0.4, -0.2) is 71.8 Å². The van der Waals surface area contributed by atoms with E-state index in [0.29, 0.717) is 19.4 Å². The summed E-state index contributed by atoms with van der Waals surface area (Å²) in [5, 5.41) is 12.5. The van der Waals surface area contributed by atoms with E-state index >= 15 is 0 Å². The van der Waals surface area contributed by atoms with Crippen molar-refractivity contribution in [1.29, 1.82) is 0 Å². The minimum absolute atomic E-state index is 0.170. The Balaban J connectivity index is 2.07. The normalized spacial score (nSPS) is 18.7. The average molecular weight is 435 g/mol. The Hall–Kier alpha value is -2.45. The van der Waals surface area contributed by atoms with Crippen LogP contribution < -0.4 is 5.32 Å². The molecule has 0 aliphatic carbocycles. The third-order valence-electron chi connectivity index (χ3n) is 5.49. The number of hydrogen-bond acceptors (Lipinski definition) is 6. The first-order chi connectivity index (χ1) is 14.8. The lowest BCUT2D eigenvalue weighted by atomic mass is 10.0. The van der Waals surface area contributed by atoms with E-state index in [1.807, 2.05) is 30.3 Å². The zero-order valence-corrected chi connectivity index (χ0v) is 18.6. The smallest absolute Gasteiger partial charge is 0.326 e. The molecule has 0 spiro atoms. The highest BCUT2D eigenvalue weighted by atomic mass is 16.5. The number of hydrogen-bond donors (Lipinski definition) is 2. The van der Waals surface area contributed by atoms with Crippen molar-refractivity contribution < 1.29 is 29.0 Å². The van der Waals surface area contributed by atoms with Crippen LogP contribution in [0.25, 0.3) is 0 Å². The van der Waals surface area contributed by atoms with Crippen molar-refractivity contribution in [3.05, 3.63) is 35.9 Å². The fourth-order valence-corrected chi connectivity index (χ4v) is 3.67. The number of aryl methyl sites for hydroxylation is 1. The summed E-state index contributed by atoms with van der Waals surface area (Å²) in [6.45, 7) is 5.94. The minimum Gasteiger partial charge on any atom is -0.480 e. The van der Waals surface area contributed by atoms with E-state index in [2.05, 4.69) is 5.32 Å². The minimum atomic E-state index is -1.08. The zero-order valence-electron chi connectivity index (χ0n) is 18.6. The molecule has 0 bridgehead atoms. The van der Waals surface area contributed by atoms with Gasteiger partial charge in [-0.1, -0.05) is 30.3 Å². The Kier molecular flexibility index (Phi) is 9.94. The van der Waals surface area contributed by atoms with E-state index in [1.165, 1.54) is 11.8 Å². The third kappa shape index (κ3) is 7.63. The molecule has 172 valence electrons. The highest BCUT2D eigenvalue weighted by Gasteiger charge is 2.34. The van der Waals surface area contributed by atoms with Gasteiger partial charge in [0.05, 0.1) is 18.8 Å². The first-order valence-electron chi connectivity index (χ1n) is 10.9. The summed E-state index contributed by atoms with van der Waals surface area (Å²) < 4.78 is 10.8. The van der Waals surface area contributed by atoms with Gasteiger partial charge < -0.3 is 19.5 Å². The molecule has 0 aromatic heterocycles. The van der Waals surface area contributed by atoms with Crippen molar-refractivity contribution in [3.63, 3.8) is 0 Å². The van der Waals surface area contributed by atoms with Gasteiger partial charge in [0, 0.05) is 13.2 Å². The van der Waals surface area contributed by atoms with Gasteiger partial charge in [0.15, 0.2) is 0 Å². The largest absolute Gasteiger partial charge is 0.480 e. The van der Waals surface area contributed by atoms with Gasteiger partial charge in [0.1, 0.15) is 12.1 Å². The lowest BCUT2D eigenvalue weighted by Crippen LogP contribution is -2.55. The molecule has 1 amide bonds. The molecule has 1 aliphatic rings. The van der Waals surface area contributed by atoms with Crippen LogP contribution in [0, 0.1) is 0 Å². The molecule has 2 N–H and O–H groups in total. The second-order valence-corrected chi connectivity index (χ2v) is 7.86. The Morgan fingerprint density at radius 1 is 1.26 bits per heavy atom. The van der Waals surface area contributed by atoms with Gasteiger partial charge in [0.25, 0.3) is 0 Å². The quantitative estimate of drug-likeness (QED) is 0.485. The number of carboxylic acid groups (broad SMARTS) is 1. The fourth-order valence-electron chi connectivity index (χ4n) is 3.67. The van der Waals surface area contributed by atoms with Crippen molar-refractivity contribution >= 4 is 17.8 Å². The highest BCUT2D eigenvalue weighted by molar-refractivity contribution is 5.87. The van der Waals surface area contributed by atoms with E-state index in [9.17, 15) is 19.5 Å². The molecule has 1 aromatic carbocycles. The number of nitrogens with zero attached hydrogens (tertiary/aromatic N) is 1. The van der Waals surface area contributed by atoms with Crippen LogP contribution in [0.1, 0.15) is 45.6 Å². The number of amides is 1. The van der Waals surface area contributed by atoms with Crippen LogP contribution in [0.2, 0.25) is 0 Å². The molecule has 1 aromatic rings. The van der Waals surface area contributed by atoms with Crippen molar-refractivity contribution in [1.82, 2.24) is 10.2 Å². The van der Waals surface area contributed by atoms with Crippen molar-refractivity contribution in [2.24, 2.45) is 0 Å². The SMILES string of the molecule is CCOC(=O)[C@H](CCc1ccccc1)NC(C)C(=O)N(C[C@@H]1CCCO1)C(C)C(=O)O. The van der Waals surface area contributed by atoms with E-state index in [0.717, 1.165) is 18.4 Å². The summed E-state index contributed by atoms with van der Waals surface area (Å²) in [4.78, 5) is 38.6. The average Bonchev–Trinajstić information content (AvgIpc) is 3.28. The molecular weight excluding hydrogens is 400 g/mol. The third-order valence-corrected chi connectivity index (χ3v) is 5.49. The molecule has 1 heterocycles. The number of aliphatic carboxylic acids is 1. The number of nitrogens with one attached hydrogen (secondary N) is 1. The molecule has 0 saturated carbocycles. The lowest BCUT2D eigenvalue weighted by Gasteiger charge is -2.32. The molecule has 31 heavy (non-hydrogen) atoms. The second kappa shape index (κ2) is 12.4. The van der Waals surface area contributed by atoms with Crippen molar-refractivity contribution in [3.8, 4) is 0 Å². The topological polar surface area (TPSA) is 105 Å².